The molecule has 0 saturated carbocycles. The fraction of sp³-hybridized carbons (Fsp3) is 0.650. The Balaban J connectivity index is 2.50. The van der Waals surface area contributed by atoms with E-state index in [1.807, 2.05) is 19.1 Å². The molecule has 0 saturated heterocycles. The van der Waals surface area contributed by atoms with Gasteiger partial charge in [0.25, 0.3) is 0 Å². The molecule has 0 amide bonds. The van der Waals surface area contributed by atoms with E-state index in [0.29, 0.717) is 23.5 Å². The molecule has 154 valence electrons. The van der Waals surface area contributed by atoms with E-state index in [2.05, 4.69) is 48.2 Å². The van der Waals surface area contributed by atoms with Gasteiger partial charge in [-0.25, -0.2) is 8.42 Å². The van der Waals surface area contributed by atoms with E-state index in [1.165, 1.54) is 6.26 Å². The van der Waals surface area contributed by atoms with Crippen LogP contribution in [0.4, 0.5) is 0 Å². The number of rotatable bonds is 9. The summed E-state index contributed by atoms with van der Waals surface area (Å²) in [5.74, 6) is 0.750. The van der Waals surface area contributed by atoms with Gasteiger partial charge in [-0.15, -0.1) is 0 Å². The monoisotopic (exact) mass is 396 g/mol. The zero-order chi connectivity index (χ0) is 20.6. The van der Waals surface area contributed by atoms with Crippen LogP contribution in [0.5, 0.6) is 0 Å². The fourth-order valence-corrected chi connectivity index (χ4v) is 4.18. The summed E-state index contributed by atoms with van der Waals surface area (Å²) in [4.78, 5) is 7.11. The number of nitrogens with zero attached hydrogens (tertiary/aromatic N) is 2. The van der Waals surface area contributed by atoms with Gasteiger partial charge in [-0.1, -0.05) is 12.1 Å². The van der Waals surface area contributed by atoms with Crippen molar-refractivity contribution in [3.05, 3.63) is 29.3 Å². The van der Waals surface area contributed by atoms with E-state index in [9.17, 15) is 8.42 Å². The highest BCUT2D eigenvalue weighted by Gasteiger charge is 2.13. The minimum atomic E-state index is -3.18. The number of nitrogens with one attached hydrogen (secondary N) is 2. The minimum absolute atomic E-state index is 0.383. The molecule has 1 aromatic rings. The summed E-state index contributed by atoms with van der Waals surface area (Å²) < 4.78 is 23.4. The van der Waals surface area contributed by atoms with Gasteiger partial charge in [0.15, 0.2) is 15.8 Å². The van der Waals surface area contributed by atoms with Gasteiger partial charge in [0, 0.05) is 45.0 Å². The summed E-state index contributed by atoms with van der Waals surface area (Å²) in [6.45, 7) is 13.2. The Morgan fingerprint density at radius 1 is 1.15 bits per heavy atom. The maximum absolute atomic E-state index is 11.7. The molecule has 0 bridgehead atoms. The SMILES string of the molecule is CN=C(NCCCN(C(C)C)C(C)C)NCc1ccc(S(C)(=O)=O)c(C)c1. The van der Waals surface area contributed by atoms with Crippen molar-refractivity contribution in [1.82, 2.24) is 15.5 Å². The average Bonchev–Trinajstić information content (AvgIpc) is 2.55. The van der Waals surface area contributed by atoms with Crippen molar-refractivity contribution in [2.45, 2.75) is 64.6 Å². The maximum atomic E-state index is 11.7. The van der Waals surface area contributed by atoms with Crippen LogP contribution in [0, 0.1) is 6.92 Å². The third-order valence-corrected chi connectivity index (χ3v) is 5.79. The second-order valence-corrected chi connectivity index (χ2v) is 9.49. The first kappa shape index (κ1) is 23.4. The van der Waals surface area contributed by atoms with Crippen LogP contribution >= 0.6 is 0 Å². The van der Waals surface area contributed by atoms with Crippen molar-refractivity contribution >= 4 is 15.8 Å². The molecule has 0 aromatic heterocycles. The molecule has 0 heterocycles. The molecule has 1 rings (SSSR count). The van der Waals surface area contributed by atoms with Crippen molar-refractivity contribution in [3.8, 4) is 0 Å². The number of benzene rings is 1. The molecule has 27 heavy (non-hydrogen) atoms. The normalized spacial score (nSPS) is 12.9. The third-order valence-electron chi connectivity index (χ3n) is 4.53. The molecule has 0 unspecified atom stereocenters. The van der Waals surface area contributed by atoms with Crippen LogP contribution in [0.15, 0.2) is 28.1 Å². The van der Waals surface area contributed by atoms with Gasteiger partial charge in [0.2, 0.25) is 0 Å². The Morgan fingerprint density at radius 2 is 1.78 bits per heavy atom. The van der Waals surface area contributed by atoms with E-state index in [-0.39, 0.29) is 0 Å². The molecule has 0 aliphatic rings. The second kappa shape index (κ2) is 10.7. The molecular formula is C20H36N4O2S. The van der Waals surface area contributed by atoms with Crippen LogP contribution in [0.25, 0.3) is 0 Å². The molecule has 0 radical (unpaired) electrons. The van der Waals surface area contributed by atoms with Gasteiger partial charge in [-0.2, -0.15) is 0 Å². The molecule has 2 N–H and O–H groups in total. The number of aryl methyl sites for hydroxylation is 1. The van der Waals surface area contributed by atoms with Gasteiger partial charge in [0.1, 0.15) is 0 Å². The first-order valence-corrected chi connectivity index (χ1v) is 11.4. The lowest BCUT2D eigenvalue weighted by atomic mass is 10.1. The molecule has 0 fully saturated rings. The second-order valence-electron chi connectivity index (χ2n) is 7.50. The summed E-state index contributed by atoms with van der Waals surface area (Å²) in [5.41, 5.74) is 1.79. The van der Waals surface area contributed by atoms with Gasteiger partial charge >= 0.3 is 0 Å². The minimum Gasteiger partial charge on any atom is -0.356 e. The Morgan fingerprint density at radius 3 is 2.26 bits per heavy atom. The van der Waals surface area contributed by atoms with E-state index >= 15 is 0 Å². The topological polar surface area (TPSA) is 73.8 Å². The highest BCUT2D eigenvalue weighted by molar-refractivity contribution is 7.90. The van der Waals surface area contributed by atoms with Crippen LogP contribution in [0.3, 0.4) is 0 Å². The van der Waals surface area contributed by atoms with Crippen LogP contribution in [0.1, 0.15) is 45.2 Å². The van der Waals surface area contributed by atoms with Crippen molar-refractivity contribution in [2.75, 3.05) is 26.4 Å². The van der Waals surface area contributed by atoms with Crippen molar-refractivity contribution in [1.29, 1.82) is 0 Å². The lowest BCUT2D eigenvalue weighted by molar-refractivity contribution is 0.173. The quantitative estimate of drug-likeness (QED) is 0.381. The maximum Gasteiger partial charge on any atom is 0.191 e. The molecule has 6 nitrogen and oxygen atoms in total. The zero-order valence-corrected chi connectivity index (χ0v) is 18.7. The summed E-state index contributed by atoms with van der Waals surface area (Å²) in [6, 6.07) is 6.50. The summed E-state index contributed by atoms with van der Waals surface area (Å²) >= 11 is 0. The Hall–Kier alpha value is -1.60. The molecule has 1 aromatic carbocycles. The first-order valence-electron chi connectivity index (χ1n) is 9.56. The van der Waals surface area contributed by atoms with Gasteiger partial charge < -0.3 is 10.6 Å². The van der Waals surface area contributed by atoms with E-state index in [0.717, 1.165) is 36.6 Å². The number of aliphatic imine (C=N–C) groups is 1. The molecule has 0 spiro atoms. The zero-order valence-electron chi connectivity index (χ0n) is 17.8. The average molecular weight is 397 g/mol. The summed E-state index contributed by atoms with van der Waals surface area (Å²) in [5, 5.41) is 6.62. The van der Waals surface area contributed by atoms with Crippen LogP contribution in [-0.4, -0.2) is 57.8 Å². The summed E-state index contributed by atoms with van der Waals surface area (Å²) in [6.07, 6.45) is 2.28. The molecule has 0 aliphatic heterocycles. The predicted molar refractivity (Wildman–Crippen MR) is 114 cm³/mol. The number of hydrogen-bond acceptors (Lipinski definition) is 4. The van der Waals surface area contributed by atoms with Gasteiger partial charge in [0.05, 0.1) is 4.90 Å². The standard InChI is InChI=1S/C20H36N4O2S/c1-15(2)24(16(3)4)12-8-11-22-20(21-6)23-14-18-9-10-19(17(5)13-18)27(7,25)26/h9-10,13,15-16H,8,11-12,14H2,1-7H3,(H2,21,22,23). The number of guanidine groups is 1. The molecule has 0 atom stereocenters. The van der Waals surface area contributed by atoms with Crippen LogP contribution in [0.2, 0.25) is 0 Å². The number of hydrogen-bond donors (Lipinski definition) is 2. The fourth-order valence-electron chi connectivity index (χ4n) is 3.22. The molecule has 0 aliphatic carbocycles. The van der Waals surface area contributed by atoms with Crippen molar-refractivity contribution in [3.63, 3.8) is 0 Å². The lowest BCUT2D eigenvalue weighted by Gasteiger charge is -2.30. The van der Waals surface area contributed by atoms with Gasteiger partial charge in [-0.3, -0.25) is 9.89 Å². The first-order chi connectivity index (χ1) is 12.6. The number of sulfone groups is 1. The highest BCUT2D eigenvalue weighted by Crippen LogP contribution is 2.16. The lowest BCUT2D eigenvalue weighted by Crippen LogP contribution is -2.41. The van der Waals surface area contributed by atoms with Crippen LogP contribution in [-0.2, 0) is 16.4 Å². The van der Waals surface area contributed by atoms with Gasteiger partial charge in [-0.05, 0) is 58.2 Å². The van der Waals surface area contributed by atoms with E-state index in [1.54, 1.807) is 13.1 Å². The Labute approximate surface area is 165 Å². The largest absolute Gasteiger partial charge is 0.356 e. The van der Waals surface area contributed by atoms with E-state index in [4.69, 9.17) is 0 Å². The molecular weight excluding hydrogens is 360 g/mol. The van der Waals surface area contributed by atoms with Crippen molar-refractivity contribution < 1.29 is 8.42 Å². The van der Waals surface area contributed by atoms with Crippen LogP contribution < -0.4 is 10.6 Å². The Kier molecular flexibility index (Phi) is 9.26. The van der Waals surface area contributed by atoms with Crippen molar-refractivity contribution in [2.24, 2.45) is 4.99 Å². The Bertz CT molecular complexity index is 719. The predicted octanol–water partition coefficient (Wildman–Crippen LogP) is 2.57. The molecule has 7 heteroatoms. The highest BCUT2D eigenvalue weighted by atomic mass is 32.2. The summed E-state index contributed by atoms with van der Waals surface area (Å²) in [7, 11) is -1.43. The third kappa shape index (κ3) is 7.89. The van der Waals surface area contributed by atoms with E-state index < -0.39 is 9.84 Å². The smallest absolute Gasteiger partial charge is 0.191 e.